The molecule has 0 spiro atoms. The van der Waals surface area contributed by atoms with Gasteiger partial charge in [-0.3, -0.25) is 0 Å². The first-order valence-corrected chi connectivity index (χ1v) is 5.99. The van der Waals surface area contributed by atoms with Crippen LogP contribution in [0.2, 0.25) is 0 Å². The summed E-state index contributed by atoms with van der Waals surface area (Å²) in [5, 5.41) is 18.6. The van der Waals surface area contributed by atoms with Gasteiger partial charge >= 0.3 is 0 Å². The molecule has 0 aliphatic rings. The SMILES string of the molecule is CCC=C(c1ccc(O)cc1)c1ccc(O)cc1. The van der Waals surface area contributed by atoms with Crippen LogP contribution in [0, 0.1) is 0 Å². The Balaban J connectivity index is 2.43. The summed E-state index contributed by atoms with van der Waals surface area (Å²) >= 11 is 0. The molecule has 0 atom stereocenters. The van der Waals surface area contributed by atoms with Crippen molar-refractivity contribution in [2.24, 2.45) is 0 Å². The summed E-state index contributed by atoms with van der Waals surface area (Å²) in [6.07, 6.45) is 3.07. The molecule has 0 radical (unpaired) electrons. The van der Waals surface area contributed by atoms with Gasteiger partial charge in [0.25, 0.3) is 0 Å². The normalized spacial score (nSPS) is 10.1. The van der Waals surface area contributed by atoms with Crippen LogP contribution in [-0.2, 0) is 0 Å². The van der Waals surface area contributed by atoms with Gasteiger partial charge in [-0.05, 0) is 47.4 Å². The first-order chi connectivity index (χ1) is 8.70. The highest BCUT2D eigenvalue weighted by atomic mass is 16.3. The van der Waals surface area contributed by atoms with E-state index in [-0.39, 0.29) is 11.5 Å². The monoisotopic (exact) mass is 240 g/mol. The van der Waals surface area contributed by atoms with Gasteiger partial charge in [-0.15, -0.1) is 0 Å². The first-order valence-electron chi connectivity index (χ1n) is 5.99. The van der Waals surface area contributed by atoms with E-state index in [9.17, 15) is 10.2 Å². The van der Waals surface area contributed by atoms with Crippen LogP contribution in [0.25, 0.3) is 5.57 Å². The maximum atomic E-state index is 9.32. The Kier molecular flexibility index (Phi) is 3.68. The molecule has 0 fully saturated rings. The Morgan fingerprint density at radius 3 is 1.56 bits per heavy atom. The summed E-state index contributed by atoms with van der Waals surface area (Å²) in [6.45, 7) is 2.08. The molecular weight excluding hydrogens is 224 g/mol. The summed E-state index contributed by atoms with van der Waals surface area (Å²) in [7, 11) is 0. The highest BCUT2D eigenvalue weighted by Gasteiger charge is 2.04. The van der Waals surface area contributed by atoms with Gasteiger partial charge in [0.1, 0.15) is 11.5 Å². The van der Waals surface area contributed by atoms with Crippen molar-refractivity contribution in [3.05, 3.63) is 65.7 Å². The molecule has 0 bridgehead atoms. The number of hydrogen-bond donors (Lipinski definition) is 2. The molecule has 0 saturated heterocycles. The molecule has 2 aromatic rings. The van der Waals surface area contributed by atoms with Gasteiger partial charge in [0.05, 0.1) is 0 Å². The lowest BCUT2D eigenvalue weighted by molar-refractivity contribution is 0.475. The molecule has 92 valence electrons. The van der Waals surface area contributed by atoms with Crippen molar-refractivity contribution in [2.75, 3.05) is 0 Å². The van der Waals surface area contributed by atoms with Crippen molar-refractivity contribution in [3.63, 3.8) is 0 Å². The van der Waals surface area contributed by atoms with Crippen LogP contribution in [0.3, 0.4) is 0 Å². The predicted molar refractivity (Wildman–Crippen MR) is 73.6 cm³/mol. The van der Waals surface area contributed by atoms with Crippen molar-refractivity contribution in [1.82, 2.24) is 0 Å². The Labute approximate surface area is 107 Å². The molecule has 2 heteroatoms. The lowest BCUT2D eigenvalue weighted by Crippen LogP contribution is -1.87. The second-order valence-corrected chi connectivity index (χ2v) is 4.12. The van der Waals surface area contributed by atoms with Gasteiger partial charge in [-0.1, -0.05) is 37.3 Å². The molecule has 2 rings (SSSR count). The Hall–Kier alpha value is -2.22. The average Bonchev–Trinajstić information content (AvgIpc) is 2.39. The topological polar surface area (TPSA) is 40.5 Å². The number of hydrogen-bond acceptors (Lipinski definition) is 2. The molecule has 18 heavy (non-hydrogen) atoms. The maximum absolute atomic E-state index is 9.32. The molecule has 0 heterocycles. The number of phenolic OH excluding ortho intramolecular Hbond substituents is 2. The zero-order valence-corrected chi connectivity index (χ0v) is 10.3. The molecule has 0 amide bonds. The Morgan fingerprint density at radius 1 is 0.833 bits per heavy atom. The fourth-order valence-corrected chi connectivity index (χ4v) is 1.89. The Bertz CT molecular complexity index is 489. The standard InChI is InChI=1S/C16H16O2/c1-2-3-16(12-4-8-14(17)9-5-12)13-6-10-15(18)11-7-13/h3-11,17-18H,2H2,1H3. The van der Waals surface area contributed by atoms with E-state index in [4.69, 9.17) is 0 Å². The van der Waals surface area contributed by atoms with Crippen LogP contribution >= 0.6 is 0 Å². The maximum Gasteiger partial charge on any atom is 0.115 e. The van der Waals surface area contributed by atoms with Crippen LogP contribution < -0.4 is 0 Å². The smallest absolute Gasteiger partial charge is 0.115 e. The van der Waals surface area contributed by atoms with Crippen molar-refractivity contribution >= 4 is 5.57 Å². The van der Waals surface area contributed by atoms with Crippen molar-refractivity contribution in [3.8, 4) is 11.5 Å². The highest BCUT2D eigenvalue weighted by Crippen LogP contribution is 2.26. The van der Waals surface area contributed by atoms with Crippen LogP contribution in [0.4, 0.5) is 0 Å². The van der Waals surface area contributed by atoms with Crippen LogP contribution in [0.15, 0.2) is 54.6 Å². The molecular formula is C16H16O2. The van der Waals surface area contributed by atoms with E-state index in [1.807, 2.05) is 24.3 Å². The molecule has 0 aliphatic carbocycles. The average molecular weight is 240 g/mol. The molecule has 2 nitrogen and oxygen atoms in total. The molecule has 2 aromatic carbocycles. The second kappa shape index (κ2) is 5.41. The fourth-order valence-electron chi connectivity index (χ4n) is 1.89. The first kappa shape index (κ1) is 12.2. The molecule has 0 saturated carbocycles. The summed E-state index contributed by atoms with van der Waals surface area (Å²) in [5.74, 6) is 0.528. The van der Waals surface area contributed by atoms with Crippen molar-refractivity contribution < 1.29 is 10.2 Å². The van der Waals surface area contributed by atoms with E-state index in [0.717, 1.165) is 23.1 Å². The number of benzene rings is 2. The molecule has 0 unspecified atom stereocenters. The lowest BCUT2D eigenvalue weighted by atomic mass is 9.97. The third-order valence-corrected chi connectivity index (χ3v) is 2.76. The molecule has 2 N–H and O–H groups in total. The van der Waals surface area contributed by atoms with E-state index >= 15 is 0 Å². The minimum absolute atomic E-state index is 0.264. The lowest BCUT2D eigenvalue weighted by Gasteiger charge is -2.09. The number of phenols is 2. The van der Waals surface area contributed by atoms with Gasteiger partial charge in [0.2, 0.25) is 0 Å². The van der Waals surface area contributed by atoms with Crippen molar-refractivity contribution in [1.29, 1.82) is 0 Å². The third kappa shape index (κ3) is 2.72. The zero-order valence-electron chi connectivity index (χ0n) is 10.3. The van der Waals surface area contributed by atoms with Crippen LogP contribution in [0.1, 0.15) is 24.5 Å². The largest absolute Gasteiger partial charge is 0.508 e. The van der Waals surface area contributed by atoms with E-state index in [1.54, 1.807) is 24.3 Å². The van der Waals surface area contributed by atoms with Gasteiger partial charge in [0, 0.05) is 0 Å². The van der Waals surface area contributed by atoms with Crippen molar-refractivity contribution in [2.45, 2.75) is 13.3 Å². The zero-order chi connectivity index (χ0) is 13.0. The highest BCUT2D eigenvalue weighted by molar-refractivity contribution is 5.80. The third-order valence-electron chi connectivity index (χ3n) is 2.76. The quantitative estimate of drug-likeness (QED) is 0.853. The van der Waals surface area contributed by atoms with Gasteiger partial charge in [-0.2, -0.15) is 0 Å². The molecule has 0 aliphatic heterocycles. The minimum atomic E-state index is 0.264. The van der Waals surface area contributed by atoms with E-state index < -0.39 is 0 Å². The van der Waals surface area contributed by atoms with E-state index in [0.29, 0.717) is 0 Å². The summed E-state index contributed by atoms with van der Waals surface area (Å²) < 4.78 is 0. The van der Waals surface area contributed by atoms with Gasteiger partial charge < -0.3 is 10.2 Å². The summed E-state index contributed by atoms with van der Waals surface area (Å²) in [4.78, 5) is 0. The minimum Gasteiger partial charge on any atom is -0.508 e. The number of allylic oxidation sites excluding steroid dienone is 1. The fraction of sp³-hybridized carbons (Fsp3) is 0.125. The van der Waals surface area contributed by atoms with Gasteiger partial charge in [0.15, 0.2) is 0 Å². The Morgan fingerprint density at radius 2 is 1.22 bits per heavy atom. The van der Waals surface area contributed by atoms with Gasteiger partial charge in [-0.25, -0.2) is 0 Å². The van der Waals surface area contributed by atoms with Crippen LogP contribution in [0.5, 0.6) is 11.5 Å². The summed E-state index contributed by atoms with van der Waals surface area (Å²) in [5.41, 5.74) is 3.22. The molecule has 0 aromatic heterocycles. The van der Waals surface area contributed by atoms with E-state index in [2.05, 4.69) is 13.0 Å². The number of aromatic hydroxyl groups is 2. The summed E-state index contributed by atoms with van der Waals surface area (Å²) in [6, 6.07) is 14.3. The van der Waals surface area contributed by atoms with Crippen LogP contribution in [-0.4, -0.2) is 10.2 Å². The second-order valence-electron chi connectivity index (χ2n) is 4.12. The van der Waals surface area contributed by atoms with E-state index in [1.165, 1.54) is 0 Å². The number of rotatable bonds is 3. The predicted octanol–water partition coefficient (Wildman–Crippen LogP) is 3.94.